The largest absolute Gasteiger partial charge is 0.402 e. The van der Waals surface area contributed by atoms with Crippen molar-refractivity contribution in [3.8, 4) is 0 Å². The Morgan fingerprint density at radius 1 is 1.33 bits per heavy atom. The molecule has 1 nitrogen and oxygen atoms in total. The van der Waals surface area contributed by atoms with Gasteiger partial charge < -0.3 is 5.73 Å². The summed E-state index contributed by atoms with van der Waals surface area (Å²) < 4.78 is 0. The van der Waals surface area contributed by atoms with Gasteiger partial charge in [-0.2, -0.15) is 0 Å². The maximum atomic E-state index is 5.29. The van der Waals surface area contributed by atoms with Crippen LogP contribution in [-0.2, 0) is 0 Å². The maximum Gasteiger partial charge on any atom is 0.00487 e. The van der Waals surface area contributed by atoms with E-state index < -0.39 is 0 Å². The van der Waals surface area contributed by atoms with Gasteiger partial charge in [-0.25, -0.2) is 0 Å². The zero-order valence-electron chi connectivity index (χ0n) is 6.81. The van der Waals surface area contributed by atoms with E-state index in [1.165, 1.54) is 0 Å². The predicted octanol–water partition coefficient (Wildman–Crippen LogP) is 2.45. The standard InChI is InChI=1S/C6H11N.C2H6/c1-3-4-5-6(2)7;1-2/h3-5H,7H2,1-2H3;1-2H3/b4-3-,6-5-;. The van der Waals surface area contributed by atoms with Crippen LogP contribution in [-0.4, -0.2) is 0 Å². The summed E-state index contributed by atoms with van der Waals surface area (Å²) in [6.07, 6.45) is 5.71. The minimum absolute atomic E-state index is 0.845. The van der Waals surface area contributed by atoms with Crippen molar-refractivity contribution >= 4 is 0 Å². The quantitative estimate of drug-likeness (QED) is 0.538. The lowest BCUT2D eigenvalue weighted by atomic mass is 10.4. The predicted molar refractivity (Wildman–Crippen MR) is 44.1 cm³/mol. The molecular formula is C8H17N. The zero-order chi connectivity index (χ0) is 7.70. The van der Waals surface area contributed by atoms with Crippen LogP contribution in [0.4, 0.5) is 0 Å². The second-order valence-electron chi connectivity index (χ2n) is 1.44. The molecule has 0 aliphatic heterocycles. The van der Waals surface area contributed by atoms with Crippen LogP contribution in [0.5, 0.6) is 0 Å². The lowest BCUT2D eigenvalue weighted by molar-refractivity contribution is 1.32. The summed E-state index contributed by atoms with van der Waals surface area (Å²) in [5.41, 5.74) is 6.13. The van der Waals surface area contributed by atoms with E-state index in [2.05, 4.69) is 0 Å². The minimum atomic E-state index is 0.845. The number of hydrogen-bond acceptors (Lipinski definition) is 1. The Morgan fingerprint density at radius 2 is 1.78 bits per heavy atom. The van der Waals surface area contributed by atoms with Gasteiger partial charge in [-0.1, -0.05) is 26.0 Å². The van der Waals surface area contributed by atoms with Crippen molar-refractivity contribution in [2.24, 2.45) is 5.73 Å². The van der Waals surface area contributed by atoms with Crippen LogP contribution >= 0.6 is 0 Å². The Kier molecular flexibility index (Phi) is 12.7. The summed E-state index contributed by atoms with van der Waals surface area (Å²) in [4.78, 5) is 0. The van der Waals surface area contributed by atoms with E-state index in [0.717, 1.165) is 5.70 Å². The first-order chi connectivity index (χ1) is 4.27. The third kappa shape index (κ3) is 18.9. The number of hydrogen-bond donors (Lipinski definition) is 1. The van der Waals surface area contributed by atoms with Crippen LogP contribution in [0.15, 0.2) is 23.9 Å². The van der Waals surface area contributed by atoms with Crippen molar-refractivity contribution in [2.45, 2.75) is 27.7 Å². The van der Waals surface area contributed by atoms with E-state index in [4.69, 9.17) is 5.73 Å². The van der Waals surface area contributed by atoms with Gasteiger partial charge in [0.1, 0.15) is 0 Å². The molecule has 2 N–H and O–H groups in total. The molecule has 0 radical (unpaired) electrons. The molecule has 0 bridgehead atoms. The Bertz CT molecular complexity index is 86.7. The average molecular weight is 127 g/mol. The fraction of sp³-hybridized carbons (Fsp3) is 0.500. The van der Waals surface area contributed by atoms with Gasteiger partial charge in [-0.05, 0) is 19.9 Å². The normalized spacial score (nSPS) is 10.9. The van der Waals surface area contributed by atoms with Crippen LogP contribution in [0.3, 0.4) is 0 Å². The molecule has 0 saturated heterocycles. The van der Waals surface area contributed by atoms with Crippen LogP contribution in [0.25, 0.3) is 0 Å². The van der Waals surface area contributed by atoms with Gasteiger partial charge in [-0.3, -0.25) is 0 Å². The summed E-state index contributed by atoms with van der Waals surface area (Å²) in [6, 6.07) is 0. The molecule has 0 aliphatic carbocycles. The molecule has 1 heteroatoms. The molecule has 0 aromatic carbocycles. The van der Waals surface area contributed by atoms with Crippen molar-refractivity contribution in [1.29, 1.82) is 0 Å². The van der Waals surface area contributed by atoms with E-state index in [9.17, 15) is 0 Å². The van der Waals surface area contributed by atoms with Crippen molar-refractivity contribution in [3.05, 3.63) is 23.9 Å². The third-order valence-corrected chi connectivity index (χ3v) is 0.552. The van der Waals surface area contributed by atoms with Gasteiger partial charge in [0.2, 0.25) is 0 Å². The molecule has 0 spiro atoms. The molecule has 0 unspecified atom stereocenters. The van der Waals surface area contributed by atoms with Gasteiger partial charge in [0.25, 0.3) is 0 Å². The Morgan fingerprint density at radius 3 is 1.89 bits per heavy atom. The fourth-order valence-corrected chi connectivity index (χ4v) is 0.248. The van der Waals surface area contributed by atoms with Crippen LogP contribution in [0.2, 0.25) is 0 Å². The topological polar surface area (TPSA) is 26.0 Å². The monoisotopic (exact) mass is 127 g/mol. The first-order valence-electron chi connectivity index (χ1n) is 3.32. The molecule has 9 heavy (non-hydrogen) atoms. The number of rotatable bonds is 1. The summed E-state index contributed by atoms with van der Waals surface area (Å²) in [7, 11) is 0. The SMILES string of the molecule is C/C=C\C=C(\C)N.CC. The molecular weight excluding hydrogens is 110 g/mol. The highest BCUT2D eigenvalue weighted by Crippen LogP contribution is 1.79. The average Bonchev–Trinajstić information content (AvgIpc) is 1.88. The summed E-state index contributed by atoms with van der Waals surface area (Å²) in [5.74, 6) is 0. The van der Waals surface area contributed by atoms with Crippen LogP contribution < -0.4 is 5.73 Å². The Balaban J connectivity index is 0. The second-order valence-corrected chi connectivity index (χ2v) is 1.44. The van der Waals surface area contributed by atoms with Crippen molar-refractivity contribution in [2.75, 3.05) is 0 Å². The summed E-state index contributed by atoms with van der Waals surface area (Å²) in [5, 5.41) is 0. The zero-order valence-corrected chi connectivity index (χ0v) is 6.81. The van der Waals surface area contributed by atoms with Crippen molar-refractivity contribution < 1.29 is 0 Å². The maximum absolute atomic E-state index is 5.29. The smallest absolute Gasteiger partial charge is 0.00487 e. The fourth-order valence-electron chi connectivity index (χ4n) is 0.248. The molecule has 0 aromatic rings. The van der Waals surface area contributed by atoms with E-state index in [-0.39, 0.29) is 0 Å². The van der Waals surface area contributed by atoms with Crippen LogP contribution in [0, 0.1) is 0 Å². The van der Waals surface area contributed by atoms with Crippen LogP contribution in [0.1, 0.15) is 27.7 Å². The molecule has 0 fully saturated rings. The number of allylic oxidation sites excluding steroid dienone is 4. The first-order valence-corrected chi connectivity index (χ1v) is 3.32. The minimum Gasteiger partial charge on any atom is -0.402 e. The molecule has 0 heterocycles. The molecule has 0 amide bonds. The molecule has 0 atom stereocenters. The Labute approximate surface area is 58.3 Å². The second kappa shape index (κ2) is 10.3. The van der Waals surface area contributed by atoms with E-state index in [1.807, 2.05) is 45.9 Å². The first kappa shape index (κ1) is 11.1. The summed E-state index contributed by atoms with van der Waals surface area (Å²) >= 11 is 0. The highest BCUT2D eigenvalue weighted by atomic mass is 14.5. The van der Waals surface area contributed by atoms with Gasteiger partial charge >= 0.3 is 0 Å². The molecule has 0 aliphatic rings. The lowest BCUT2D eigenvalue weighted by Gasteiger charge is -1.79. The molecule has 0 saturated carbocycles. The molecule has 0 rings (SSSR count). The number of nitrogens with two attached hydrogens (primary N) is 1. The highest BCUT2D eigenvalue weighted by Gasteiger charge is 1.65. The van der Waals surface area contributed by atoms with Gasteiger partial charge in [-0.15, -0.1) is 0 Å². The van der Waals surface area contributed by atoms with Crippen molar-refractivity contribution in [1.82, 2.24) is 0 Å². The van der Waals surface area contributed by atoms with Gasteiger partial charge in [0, 0.05) is 5.70 Å². The highest BCUT2D eigenvalue weighted by molar-refractivity contribution is 5.06. The van der Waals surface area contributed by atoms with Gasteiger partial charge in [0.05, 0.1) is 0 Å². The van der Waals surface area contributed by atoms with Crippen molar-refractivity contribution in [3.63, 3.8) is 0 Å². The van der Waals surface area contributed by atoms with E-state index in [1.54, 1.807) is 0 Å². The van der Waals surface area contributed by atoms with E-state index >= 15 is 0 Å². The third-order valence-electron chi connectivity index (χ3n) is 0.552. The Hall–Kier alpha value is -0.720. The lowest BCUT2D eigenvalue weighted by Crippen LogP contribution is -1.87. The summed E-state index contributed by atoms with van der Waals surface area (Å²) in [6.45, 7) is 7.82. The van der Waals surface area contributed by atoms with E-state index in [0.29, 0.717) is 0 Å². The molecule has 54 valence electrons. The molecule has 0 aromatic heterocycles. The van der Waals surface area contributed by atoms with Gasteiger partial charge in [0.15, 0.2) is 0 Å².